The summed E-state index contributed by atoms with van der Waals surface area (Å²) in [5, 5.41) is 6.73. The molecule has 0 aliphatic rings. The summed E-state index contributed by atoms with van der Waals surface area (Å²) in [5.41, 5.74) is 2.87. The molecule has 0 saturated heterocycles. The van der Waals surface area contributed by atoms with Gasteiger partial charge in [-0.05, 0) is 11.6 Å². The van der Waals surface area contributed by atoms with Crippen molar-refractivity contribution in [1.29, 1.82) is 0 Å². The van der Waals surface area contributed by atoms with E-state index in [9.17, 15) is 9.59 Å². The molecule has 3 N–H and O–H groups in total. The molecular weight excluding hydrogens is 356 g/mol. The number of carbonyl (C=O) groups is 2. The Bertz CT molecular complexity index is 988. The van der Waals surface area contributed by atoms with Crippen LogP contribution < -0.4 is 15.5 Å². The normalized spacial score (nSPS) is 12.0. The highest BCUT2D eigenvalue weighted by Gasteiger charge is 2.22. The monoisotopic (exact) mass is 382 g/mol. The van der Waals surface area contributed by atoms with Gasteiger partial charge in [0.2, 0.25) is 17.8 Å². The Labute approximate surface area is 163 Å². The summed E-state index contributed by atoms with van der Waals surface area (Å²) < 4.78 is 1.92. The van der Waals surface area contributed by atoms with E-state index in [4.69, 9.17) is 0 Å². The molecule has 0 aliphatic carbocycles. The lowest BCUT2D eigenvalue weighted by atomic mass is 10.0. The van der Waals surface area contributed by atoms with Crippen LogP contribution in [0.2, 0.25) is 0 Å². The first-order valence-corrected chi connectivity index (χ1v) is 9.14. The molecule has 8 heteroatoms. The van der Waals surface area contributed by atoms with Gasteiger partial charge < -0.3 is 25.1 Å². The van der Waals surface area contributed by atoms with Crippen LogP contribution >= 0.6 is 0 Å². The molecule has 3 aromatic rings. The second kappa shape index (κ2) is 8.16. The van der Waals surface area contributed by atoms with Gasteiger partial charge in [0.05, 0.1) is 18.4 Å². The third-order valence-corrected chi connectivity index (χ3v) is 4.70. The fourth-order valence-electron chi connectivity index (χ4n) is 3.29. The molecular formula is C20H26N6O2. The summed E-state index contributed by atoms with van der Waals surface area (Å²) in [6.45, 7) is 1.75. The van der Waals surface area contributed by atoms with Gasteiger partial charge in [-0.1, -0.05) is 18.2 Å². The predicted octanol–water partition coefficient (Wildman–Crippen LogP) is 1.33. The molecule has 2 heterocycles. The number of aromatic amines is 1. The fourth-order valence-corrected chi connectivity index (χ4v) is 3.29. The second-order valence-corrected chi connectivity index (χ2v) is 7.04. The number of para-hydroxylation sites is 1. The molecule has 2 amide bonds. The molecule has 3 rings (SSSR count). The van der Waals surface area contributed by atoms with Crippen molar-refractivity contribution in [2.75, 3.05) is 19.0 Å². The molecule has 0 bridgehead atoms. The Hall–Kier alpha value is -3.29. The first-order valence-electron chi connectivity index (χ1n) is 9.14. The average molecular weight is 382 g/mol. The van der Waals surface area contributed by atoms with Crippen molar-refractivity contribution in [2.45, 2.75) is 25.9 Å². The SMILES string of the molecule is CC(=O)NC(Cc1c[nH]c2ccccc12)C(=O)NCc1cnc(N(C)C)n1C. The van der Waals surface area contributed by atoms with E-state index in [2.05, 4.69) is 20.6 Å². The zero-order valence-corrected chi connectivity index (χ0v) is 16.6. The molecule has 0 saturated carbocycles. The minimum atomic E-state index is -0.654. The van der Waals surface area contributed by atoms with Gasteiger partial charge in [0, 0.05) is 51.6 Å². The maximum absolute atomic E-state index is 12.8. The number of nitrogens with one attached hydrogen (secondary N) is 3. The maximum Gasteiger partial charge on any atom is 0.243 e. The van der Waals surface area contributed by atoms with E-state index in [1.165, 1.54) is 6.92 Å². The lowest BCUT2D eigenvalue weighted by Crippen LogP contribution is -2.47. The standard InChI is InChI=1S/C20H26N6O2/c1-13(27)24-18(9-14-10-21-17-8-6-5-7-16(14)17)19(28)22-11-15-12-23-20(25(2)3)26(15)4/h5-8,10,12,18,21H,9,11H2,1-4H3,(H,22,28)(H,24,27). The van der Waals surface area contributed by atoms with E-state index in [0.717, 1.165) is 28.1 Å². The summed E-state index contributed by atoms with van der Waals surface area (Å²) in [6, 6.07) is 7.24. The van der Waals surface area contributed by atoms with Crippen LogP contribution in [0, 0.1) is 0 Å². The van der Waals surface area contributed by atoms with E-state index in [1.807, 2.05) is 61.1 Å². The summed E-state index contributed by atoms with van der Waals surface area (Å²) in [4.78, 5) is 33.9. The zero-order chi connectivity index (χ0) is 20.3. The molecule has 2 aromatic heterocycles. The summed E-state index contributed by atoms with van der Waals surface area (Å²) in [7, 11) is 5.73. The Morgan fingerprint density at radius 1 is 1.29 bits per heavy atom. The minimum absolute atomic E-state index is 0.229. The first kappa shape index (κ1) is 19.5. The topological polar surface area (TPSA) is 95.0 Å². The van der Waals surface area contributed by atoms with Crippen LogP contribution in [0.4, 0.5) is 5.95 Å². The number of hydrogen-bond donors (Lipinski definition) is 3. The number of nitrogens with zero attached hydrogens (tertiary/aromatic N) is 3. The third kappa shape index (κ3) is 4.16. The van der Waals surface area contributed by atoms with Crippen molar-refractivity contribution in [1.82, 2.24) is 25.2 Å². The smallest absolute Gasteiger partial charge is 0.243 e. The van der Waals surface area contributed by atoms with Crippen LogP contribution in [-0.2, 0) is 29.6 Å². The number of hydrogen-bond acceptors (Lipinski definition) is 4. The lowest BCUT2D eigenvalue weighted by molar-refractivity contribution is -0.128. The lowest BCUT2D eigenvalue weighted by Gasteiger charge is -2.18. The summed E-state index contributed by atoms with van der Waals surface area (Å²) in [5.74, 6) is 0.338. The van der Waals surface area contributed by atoms with Gasteiger partial charge in [-0.25, -0.2) is 4.98 Å². The van der Waals surface area contributed by atoms with Gasteiger partial charge in [0.1, 0.15) is 6.04 Å². The average Bonchev–Trinajstić information content (AvgIpc) is 3.22. The highest BCUT2D eigenvalue weighted by atomic mass is 16.2. The van der Waals surface area contributed by atoms with E-state index < -0.39 is 6.04 Å². The first-order chi connectivity index (χ1) is 13.4. The number of rotatable bonds is 7. The Morgan fingerprint density at radius 3 is 2.71 bits per heavy atom. The quantitative estimate of drug-likeness (QED) is 0.575. The Morgan fingerprint density at radius 2 is 2.04 bits per heavy atom. The number of aromatic nitrogens is 3. The summed E-state index contributed by atoms with van der Waals surface area (Å²) >= 11 is 0. The largest absolute Gasteiger partial charge is 0.361 e. The van der Waals surface area contributed by atoms with Gasteiger partial charge in [0.15, 0.2) is 0 Å². The predicted molar refractivity (Wildman–Crippen MR) is 109 cm³/mol. The van der Waals surface area contributed by atoms with Crippen molar-refractivity contribution in [3.63, 3.8) is 0 Å². The van der Waals surface area contributed by atoms with E-state index >= 15 is 0 Å². The van der Waals surface area contributed by atoms with E-state index in [0.29, 0.717) is 13.0 Å². The molecule has 1 atom stereocenters. The number of anilines is 1. The molecule has 0 aliphatic heterocycles. The minimum Gasteiger partial charge on any atom is -0.361 e. The van der Waals surface area contributed by atoms with Crippen LogP contribution in [0.5, 0.6) is 0 Å². The van der Waals surface area contributed by atoms with Crippen LogP contribution in [0.3, 0.4) is 0 Å². The maximum atomic E-state index is 12.8. The number of H-pyrrole nitrogens is 1. The number of imidazole rings is 1. The third-order valence-electron chi connectivity index (χ3n) is 4.70. The molecule has 0 spiro atoms. The van der Waals surface area contributed by atoms with Crippen molar-refractivity contribution in [3.8, 4) is 0 Å². The van der Waals surface area contributed by atoms with Crippen molar-refractivity contribution >= 4 is 28.7 Å². The summed E-state index contributed by atoms with van der Waals surface area (Å²) in [6.07, 6.45) is 4.03. The van der Waals surface area contributed by atoms with Crippen LogP contribution in [0.15, 0.2) is 36.7 Å². The fraction of sp³-hybridized carbons (Fsp3) is 0.350. The zero-order valence-electron chi connectivity index (χ0n) is 16.6. The molecule has 148 valence electrons. The van der Waals surface area contributed by atoms with Crippen LogP contribution in [-0.4, -0.2) is 46.5 Å². The molecule has 0 radical (unpaired) electrons. The molecule has 1 unspecified atom stereocenters. The Kier molecular flexibility index (Phi) is 5.67. The van der Waals surface area contributed by atoms with E-state index in [1.54, 1.807) is 6.20 Å². The molecule has 1 aromatic carbocycles. The van der Waals surface area contributed by atoms with Gasteiger partial charge in [-0.15, -0.1) is 0 Å². The number of amides is 2. The van der Waals surface area contributed by atoms with Gasteiger partial charge in [-0.3, -0.25) is 9.59 Å². The number of benzene rings is 1. The molecule has 28 heavy (non-hydrogen) atoms. The van der Waals surface area contributed by atoms with Gasteiger partial charge in [-0.2, -0.15) is 0 Å². The molecule has 8 nitrogen and oxygen atoms in total. The van der Waals surface area contributed by atoms with Gasteiger partial charge >= 0.3 is 0 Å². The van der Waals surface area contributed by atoms with Crippen molar-refractivity contribution < 1.29 is 9.59 Å². The van der Waals surface area contributed by atoms with E-state index in [-0.39, 0.29) is 11.8 Å². The highest BCUT2D eigenvalue weighted by Crippen LogP contribution is 2.19. The van der Waals surface area contributed by atoms with Crippen LogP contribution in [0.25, 0.3) is 10.9 Å². The second-order valence-electron chi connectivity index (χ2n) is 7.04. The van der Waals surface area contributed by atoms with Gasteiger partial charge in [0.25, 0.3) is 0 Å². The van der Waals surface area contributed by atoms with Crippen molar-refractivity contribution in [3.05, 3.63) is 47.9 Å². The van der Waals surface area contributed by atoms with Crippen LogP contribution in [0.1, 0.15) is 18.2 Å². The number of carbonyl (C=O) groups excluding carboxylic acids is 2. The van der Waals surface area contributed by atoms with Crippen molar-refractivity contribution in [2.24, 2.45) is 7.05 Å². The molecule has 0 fully saturated rings. The Balaban J connectivity index is 1.72. The number of fused-ring (bicyclic) bond motifs is 1. The highest BCUT2D eigenvalue weighted by molar-refractivity contribution is 5.89.